The number of hydrogen-bond donors (Lipinski definition) is 2. The van der Waals surface area contributed by atoms with Crippen molar-refractivity contribution in [1.82, 2.24) is 15.3 Å². The molecule has 0 spiro atoms. The number of pyridine rings is 2. The summed E-state index contributed by atoms with van der Waals surface area (Å²) in [7, 11) is 0. The van der Waals surface area contributed by atoms with Gasteiger partial charge in [-0.05, 0) is 24.3 Å². The number of halogens is 2. The maximum Gasteiger partial charge on any atom is 0.646 e. The van der Waals surface area contributed by atoms with Crippen LogP contribution in [-0.4, -0.2) is 28.6 Å². The number of aromatic nitrogens is 2. The molecule has 0 bridgehead atoms. The molecule has 0 unspecified atom stereocenters. The molecule has 2 aromatic heterocycles. The molecular weight excluding hydrogens is 263 g/mol. The number of nitrogens with zero attached hydrogens (tertiary/aromatic N) is 3. The van der Waals surface area contributed by atoms with E-state index in [2.05, 4.69) is 25.1 Å². The van der Waals surface area contributed by atoms with E-state index in [0.29, 0.717) is 11.4 Å². The molecule has 2 aromatic rings. The van der Waals surface area contributed by atoms with Crippen molar-refractivity contribution < 1.29 is 13.5 Å². The van der Waals surface area contributed by atoms with Crippen molar-refractivity contribution in [3.63, 3.8) is 0 Å². The van der Waals surface area contributed by atoms with Gasteiger partial charge >= 0.3 is 6.97 Å². The zero-order chi connectivity index (χ0) is 14.0. The molecule has 1 aliphatic heterocycles. The minimum atomic E-state index is -4.09. The van der Waals surface area contributed by atoms with Crippen LogP contribution in [0.5, 0.6) is 0 Å². The predicted molar refractivity (Wildman–Crippen MR) is 71.2 cm³/mol. The van der Waals surface area contributed by atoms with Crippen molar-refractivity contribution in [2.45, 2.75) is 0 Å². The van der Waals surface area contributed by atoms with E-state index in [1.165, 1.54) is 12.4 Å². The van der Waals surface area contributed by atoms with Crippen molar-refractivity contribution in [3.8, 4) is 0 Å². The van der Waals surface area contributed by atoms with Crippen LogP contribution in [0.3, 0.4) is 0 Å². The summed E-state index contributed by atoms with van der Waals surface area (Å²) in [6, 6.07) is 10.1. The minimum Gasteiger partial charge on any atom is -0.414 e. The summed E-state index contributed by atoms with van der Waals surface area (Å²) >= 11 is 0. The molecular formula is C12H10BF2N5. The number of amidine groups is 2. The van der Waals surface area contributed by atoms with Gasteiger partial charge in [-0.15, -0.1) is 0 Å². The highest BCUT2D eigenvalue weighted by Crippen LogP contribution is 2.06. The third-order valence-electron chi connectivity index (χ3n) is 2.68. The van der Waals surface area contributed by atoms with Gasteiger partial charge in [0.05, 0.1) is 0 Å². The standard InChI is InChI=1S/C12H10BF2N5/c14-13(15)19-11(9-5-1-3-7-16-9)18-12(20-13)10-6-2-4-8-17-10/h1-8,19H,(H,18,20). The van der Waals surface area contributed by atoms with Gasteiger partial charge in [0.25, 0.3) is 5.84 Å². The molecule has 5 nitrogen and oxygen atoms in total. The third kappa shape index (κ3) is 2.54. The lowest BCUT2D eigenvalue weighted by Gasteiger charge is -2.19. The van der Waals surface area contributed by atoms with Gasteiger partial charge in [0, 0.05) is 12.4 Å². The Labute approximate surface area is 113 Å². The first-order valence-corrected chi connectivity index (χ1v) is 6.00. The zero-order valence-corrected chi connectivity index (χ0v) is 10.3. The Hall–Kier alpha value is -2.64. The van der Waals surface area contributed by atoms with Gasteiger partial charge in [-0.2, -0.15) is 0 Å². The van der Waals surface area contributed by atoms with E-state index in [-0.39, 0.29) is 11.7 Å². The van der Waals surface area contributed by atoms with E-state index in [0.717, 1.165) is 0 Å². The molecule has 1 aliphatic rings. The molecule has 0 aliphatic carbocycles. The fourth-order valence-electron chi connectivity index (χ4n) is 1.84. The molecule has 8 heteroatoms. The molecule has 100 valence electrons. The molecule has 0 radical (unpaired) electrons. The minimum absolute atomic E-state index is 0.0232. The van der Waals surface area contributed by atoms with E-state index < -0.39 is 6.97 Å². The zero-order valence-electron chi connectivity index (χ0n) is 10.3. The second-order valence-corrected chi connectivity index (χ2v) is 4.18. The van der Waals surface area contributed by atoms with E-state index >= 15 is 0 Å². The van der Waals surface area contributed by atoms with Crippen molar-refractivity contribution in [2.75, 3.05) is 0 Å². The first-order valence-electron chi connectivity index (χ1n) is 6.00. The highest BCUT2D eigenvalue weighted by Gasteiger charge is 2.36. The summed E-state index contributed by atoms with van der Waals surface area (Å²) in [6.45, 7) is -4.09. The lowest BCUT2D eigenvalue weighted by Crippen LogP contribution is -2.92. The van der Waals surface area contributed by atoms with Crippen molar-refractivity contribution in [3.05, 3.63) is 60.2 Å². The summed E-state index contributed by atoms with van der Waals surface area (Å²) < 4.78 is 27.4. The van der Waals surface area contributed by atoms with Gasteiger partial charge in [-0.1, -0.05) is 12.1 Å². The van der Waals surface area contributed by atoms with Crippen LogP contribution >= 0.6 is 0 Å². The maximum atomic E-state index is 13.7. The first kappa shape index (κ1) is 12.4. The highest BCUT2D eigenvalue weighted by molar-refractivity contribution is 6.58. The molecule has 0 atom stereocenters. The predicted octanol–water partition coefficient (Wildman–Crippen LogP) is -0.272. The summed E-state index contributed by atoms with van der Waals surface area (Å²) in [5.74, 6) is 0.140. The van der Waals surface area contributed by atoms with Gasteiger partial charge in [-0.25, -0.2) is 10.3 Å². The Morgan fingerprint density at radius 1 is 0.950 bits per heavy atom. The Kier molecular flexibility index (Phi) is 2.98. The Morgan fingerprint density at radius 2 is 1.60 bits per heavy atom. The molecule has 0 fully saturated rings. The van der Waals surface area contributed by atoms with Gasteiger partial charge in [0.15, 0.2) is 0 Å². The van der Waals surface area contributed by atoms with Crippen molar-refractivity contribution in [1.29, 1.82) is 0 Å². The maximum absolute atomic E-state index is 13.7. The molecule has 0 saturated heterocycles. The second-order valence-electron chi connectivity index (χ2n) is 4.18. The smallest absolute Gasteiger partial charge is 0.414 e. The van der Waals surface area contributed by atoms with Crippen LogP contribution in [0.1, 0.15) is 11.4 Å². The summed E-state index contributed by atoms with van der Waals surface area (Å²) in [5, 5.41) is 2.81. The largest absolute Gasteiger partial charge is 0.646 e. The van der Waals surface area contributed by atoms with Crippen molar-refractivity contribution >= 4 is 18.6 Å². The lowest BCUT2D eigenvalue weighted by molar-refractivity contribution is -0.339. The fourth-order valence-corrected chi connectivity index (χ4v) is 1.84. The normalized spacial score (nSPS) is 16.9. The van der Waals surface area contributed by atoms with E-state index in [9.17, 15) is 8.63 Å². The van der Waals surface area contributed by atoms with Gasteiger partial charge in [0.1, 0.15) is 11.4 Å². The second kappa shape index (κ2) is 4.80. The van der Waals surface area contributed by atoms with Crippen LogP contribution in [0, 0.1) is 0 Å². The van der Waals surface area contributed by atoms with Crippen LogP contribution in [0.2, 0.25) is 0 Å². The molecule has 0 amide bonds. The average molecular weight is 273 g/mol. The van der Waals surface area contributed by atoms with E-state index in [1.807, 2.05) is 0 Å². The lowest BCUT2D eigenvalue weighted by atomic mass is 10.00. The van der Waals surface area contributed by atoms with Crippen molar-refractivity contribution in [2.24, 2.45) is 4.90 Å². The molecule has 20 heavy (non-hydrogen) atoms. The first-order chi connectivity index (χ1) is 9.64. The highest BCUT2D eigenvalue weighted by atomic mass is 19.2. The SMILES string of the molecule is F[B-]1(F)N=C(c2ccccn2)NC(c2ccccn2)=[NH+]1. The topological polar surface area (TPSA) is 64.1 Å². The Bertz CT molecular complexity index is 615. The fraction of sp³-hybridized carbons (Fsp3) is 0. The van der Waals surface area contributed by atoms with Gasteiger partial charge in [-0.3, -0.25) is 4.98 Å². The average Bonchev–Trinajstić information content (AvgIpc) is 2.47. The van der Waals surface area contributed by atoms with E-state index in [4.69, 9.17) is 0 Å². The molecule has 0 saturated carbocycles. The quantitative estimate of drug-likeness (QED) is 0.740. The summed E-state index contributed by atoms with van der Waals surface area (Å²) in [6.07, 6.45) is 3.05. The molecule has 2 N–H and O–H groups in total. The monoisotopic (exact) mass is 273 g/mol. The van der Waals surface area contributed by atoms with Crippen LogP contribution in [0.4, 0.5) is 8.63 Å². The Morgan fingerprint density at radius 3 is 2.20 bits per heavy atom. The third-order valence-corrected chi connectivity index (χ3v) is 2.68. The molecule has 0 aromatic carbocycles. The van der Waals surface area contributed by atoms with Gasteiger partial charge < -0.3 is 18.4 Å². The van der Waals surface area contributed by atoms with Crippen LogP contribution in [0.25, 0.3) is 0 Å². The van der Waals surface area contributed by atoms with Gasteiger partial charge in [0.2, 0.25) is 5.84 Å². The van der Waals surface area contributed by atoms with Crippen LogP contribution < -0.4 is 10.2 Å². The van der Waals surface area contributed by atoms with E-state index in [1.54, 1.807) is 36.4 Å². The molecule has 3 heterocycles. The Balaban J connectivity index is 1.99. The summed E-state index contributed by atoms with van der Waals surface area (Å²) in [5.41, 5.74) is 0.737. The van der Waals surface area contributed by atoms with Crippen LogP contribution in [-0.2, 0) is 0 Å². The number of nitrogens with one attached hydrogen (secondary N) is 2. The number of hydrogen-bond acceptors (Lipinski definition) is 4. The number of rotatable bonds is 2. The summed E-state index contributed by atoms with van der Waals surface area (Å²) in [4.78, 5) is 13.5. The van der Waals surface area contributed by atoms with Crippen LogP contribution in [0.15, 0.2) is 53.7 Å². The molecule has 3 rings (SSSR count).